The van der Waals surface area contributed by atoms with Gasteiger partial charge in [0.05, 0.1) is 6.61 Å². The Morgan fingerprint density at radius 1 is 1.15 bits per heavy atom. The molecule has 128 valence electrons. The quantitative estimate of drug-likeness (QED) is 0.606. The van der Waals surface area contributed by atoms with Crippen LogP contribution in [0.25, 0.3) is 16.8 Å². The Hall–Kier alpha value is -3.55. The van der Waals surface area contributed by atoms with Crippen molar-refractivity contribution in [3.63, 3.8) is 0 Å². The molecule has 8 heteroatoms. The van der Waals surface area contributed by atoms with Crippen LogP contribution in [0.2, 0.25) is 0 Å². The van der Waals surface area contributed by atoms with E-state index in [0.29, 0.717) is 18.1 Å². The molecule has 0 fully saturated rings. The number of nitrogens with zero attached hydrogens (tertiary/aromatic N) is 6. The minimum atomic E-state index is 0.653. The molecule has 5 rings (SSSR count). The van der Waals surface area contributed by atoms with Crippen molar-refractivity contribution in [3.8, 4) is 16.9 Å². The van der Waals surface area contributed by atoms with Crippen LogP contribution in [0.4, 0.5) is 5.95 Å². The molecule has 1 N–H and O–H groups in total. The van der Waals surface area contributed by atoms with Gasteiger partial charge in [0, 0.05) is 48.2 Å². The van der Waals surface area contributed by atoms with Crippen molar-refractivity contribution < 1.29 is 4.74 Å². The van der Waals surface area contributed by atoms with Crippen molar-refractivity contribution >= 4 is 11.6 Å². The molecule has 1 aliphatic heterocycles. The summed E-state index contributed by atoms with van der Waals surface area (Å²) >= 11 is 0. The molecule has 0 atom stereocenters. The second-order valence-corrected chi connectivity index (χ2v) is 5.99. The van der Waals surface area contributed by atoms with E-state index < -0.39 is 0 Å². The molecule has 0 saturated carbocycles. The maximum atomic E-state index is 5.63. The van der Waals surface area contributed by atoms with Crippen molar-refractivity contribution in [2.24, 2.45) is 0 Å². The Kier molecular flexibility index (Phi) is 3.45. The molecular weight excluding hydrogens is 330 g/mol. The second-order valence-electron chi connectivity index (χ2n) is 5.99. The Bertz CT molecular complexity index is 1080. The molecule has 1 aromatic carbocycles. The Labute approximate surface area is 148 Å². The van der Waals surface area contributed by atoms with Crippen molar-refractivity contribution in [2.45, 2.75) is 13.0 Å². The minimum absolute atomic E-state index is 0.653. The van der Waals surface area contributed by atoms with Crippen LogP contribution in [-0.4, -0.2) is 36.2 Å². The number of aromatic nitrogens is 6. The van der Waals surface area contributed by atoms with Crippen LogP contribution in [0.15, 0.2) is 49.4 Å². The highest BCUT2D eigenvalue weighted by atomic mass is 16.5. The number of benzene rings is 1. The molecule has 4 aromatic rings. The average molecular weight is 345 g/mol. The summed E-state index contributed by atoms with van der Waals surface area (Å²) in [5.74, 6) is 1.66. The van der Waals surface area contributed by atoms with Gasteiger partial charge in [-0.1, -0.05) is 12.1 Å². The average Bonchev–Trinajstić information content (AvgIpc) is 3.36. The monoisotopic (exact) mass is 345 g/mol. The van der Waals surface area contributed by atoms with Gasteiger partial charge in [-0.15, -0.1) is 10.2 Å². The maximum absolute atomic E-state index is 5.63. The predicted octanol–water partition coefficient (Wildman–Crippen LogP) is 2.13. The molecule has 0 bridgehead atoms. The number of nitrogens with one attached hydrogen (secondary N) is 1. The SMILES string of the molecule is c1cc(CNc2ncc(-c3cncnc3)c3nncn23)c2c(c1)OCC2. The topological polar surface area (TPSA) is 90.1 Å². The van der Waals surface area contributed by atoms with E-state index in [-0.39, 0.29) is 0 Å². The summed E-state index contributed by atoms with van der Waals surface area (Å²) in [5.41, 5.74) is 4.87. The number of ether oxygens (including phenoxy) is 1. The third-order valence-corrected chi connectivity index (χ3v) is 4.48. The summed E-state index contributed by atoms with van der Waals surface area (Å²) in [6, 6.07) is 6.14. The largest absolute Gasteiger partial charge is 0.493 e. The summed E-state index contributed by atoms with van der Waals surface area (Å²) in [7, 11) is 0. The molecule has 3 aromatic heterocycles. The van der Waals surface area contributed by atoms with Gasteiger partial charge in [-0.25, -0.2) is 15.0 Å². The normalized spacial score (nSPS) is 12.8. The van der Waals surface area contributed by atoms with E-state index in [2.05, 4.69) is 36.5 Å². The molecule has 1 aliphatic rings. The zero-order valence-corrected chi connectivity index (χ0v) is 13.8. The van der Waals surface area contributed by atoms with E-state index in [4.69, 9.17) is 4.74 Å². The zero-order valence-electron chi connectivity index (χ0n) is 13.8. The number of hydrogen-bond donors (Lipinski definition) is 1. The first-order valence-electron chi connectivity index (χ1n) is 8.32. The summed E-state index contributed by atoms with van der Waals surface area (Å²) in [6.07, 6.45) is 9.32. The fourth-order valence-corrected chi connectivity index (χ4v) is 3.22. The Balaban J connectivity index is 1.48. The van der Waals surface area contributed by atoms with Gasteiger partial charge in [-0.2, -0.15) is 0 Å². The molecule has 0 spiro atoms. The molecule has 0 unspecified atom stereocenters. The van der Waals surface area contributed by atoms with Crippen LogP contribution in [-0.2, 0) is 13.0 Å². The van der Waals surface area contributed by atoms with E-state index in [0.717, 1.165) is 29.9 Å². The number of fused-ring (bicyclic) bond motifs is 2. The molecule has 0 amide bonds. The fourth-order valence-electron chi connectivity index (χ4n) is 3.22. The smallest absolute Gasteiger partial charge is 0.210 e. The lowest BCUT2D eigenvalue weighted by Gasteiger charge is -2.11. The van der Waals surface area contributed by atoms with Crippen LogP contribution in [0.5, 0.6) is 5.75 Å². The molecule has 4 heterocycles. The van der Waals surface area contributed by atoms with Gasteiger partial charge in [-0.3, -0.25) is 4.40 Å². The molecule has 0 radical (unpaired) electrons. The first-order chi connectivity index (χ1) is 12.9. The van der Waals surface area contributed by atoms with Crippen molar-refractivity contribution in [1.29, 1.82) is 0 Å². The number of anilines is 1. The minimum Gasteiger partial charge on any atom is -0.493 e. The standard InChI is InChI=1S/C18H15N7O/c1-2-12(14-4-5-26-16(14)3-1)8-21-18-22-9-15(13-6-19-10-20-7-13)17-24-23-11-25(17)18/h1-3,6-7,9-11H,4-5,8H2,(H,21,22). The molecule has 26 heavy (non-hydrogen) atoms. The Morgan fingerprint density at radius 2 is 2.08 bits per heavy atom. The van der Waals surface area contributed by atoms with E-state index in [1.54, 1.807) is 24.9 Å². The third kappa shape index (κ3) is 2.43. The van der Waals surface area contributed by atoms with E-state index in [1.165, 1.54) is 17.5 Å². The van der Waals surface area contributed by atoms with Gasteiger partial charge >= 0.3 is 0 Å². The van der Waals surface area contributed by atoms with Gasteiger partial charge in [0.1, 0.15) is 18.4 Å². The number of rotatable bonds is 4. The lowest BCUT2D eigenvalue weighted by atomic mass is 10.1. The molecule has 0 saturated heterocycles. The predicted molar refractivity (Wildman–Crippen MR) is 94.8 cm³/mol. The van der Waals surface area contributed by atoms with Gasteiger partial charge in [0.2, 0.25) is 5.95 Å². The highest BCUT2D eigenvalue weighted by molar-refractivity contribution is 5.76. The first-order valence-corrected chi connectivity index (χ1v) is 8.32. The summed E-state index contributed by atoms with van der Waals surface area (Å²) in [6.45, 7) is 1.40. The fraction of sp³-hybridized carbons (Fsp3) is 0.167. The van der Waals surface area contributed by atoms with Gasteiger partial charge in [-0.05, 0) is 11.6 Å². The lowest BCUT2D eigenvalue weighted by molar-refractivity contribution is 0.357. The van der Waals surface area contributed by atoms with Crippen molar-refractivity contribution in [1.82, 2.24) is 29.5 Å². The lowest BCUT2D eigenvalue weighted by Crippen LogP contribution is -2.08. The van der Waals surface area contributed by atoms with Gasteiger partial charge in [0.25, 0.3) is 0 Å². The molecule has 8 nitrogen and oxygen atoms in total. The van der Waals surface area contributed by atoms with Crippen LogP contribution >= 0.6 is 0 Å². The van der Waals surface area contributed by atoms with Crippen molar-refractivity contribution in [3.05, 3.63) is 60.6 Å². The highest BCUT2D eigenvalue weighted by Gasteiger charge is 2.16. The van der Waals surface area contributed by atoms with Crippen LogP contribution in [0.3, 0.4) is 0 Å². The molecular formula is C18H15N7O. The maximum Gasteiger partial charge on any atom is 0.210 e. The van der Waals surface area contributed by atoms with Gasteiger partial charge < -0.3 is 10.1 Å². The van der Waals surface area contributed by atoms with Gasteiger partial charge in [0.15, 0.2) is 5.65 Å². The van der Waals surface area contributed by atoms with E-state index in [1.807, 2.05) is 16.5 Å². The summed E-state index contributed by atoms with van der Waals surface area (Å²) in [5, 5.41) is 11.6. The zero-order chi connectivity index (χ0) is 17.3. The van der Waals surface area contributed by atoms with E-state index in [9.17, 15) is 0 Å². The first kappa shape index (κ1) is 14.8. The number of hydrogen-bond acceptors (Lipinski definition) is 7. The summed E-state index contributed by atoms with van der Waals surface area (Å²) in [4.78, 5) is 12.7. The van der Waals surface area contributed by atoms with Crippen molar-refractivity contribution in [2.75, 3.05) is 11.9 Å². The van der Waals surface area contributed by atoms with Crippen LogP contribution < -0.4 is 10.1 Å². The molecule has 0 aliphatic carbocycles. The van der Waals surface area contributed by atoms with Crippen LogP contribution in [0.1, 0.15) is 11.1 Å². The van der Waals surface area contributed by atoms with Crippen LogP contribution in [0, 0.1) is 0 Å². The second kappa shape index (κ2) is 6.07. The third-order valence-electron chi connectivity index (χ3n) is 4.48. The highest BCUT2D eigenvalue weighted by Crippen LogP contribution is 2.29. The Morgan fingerprint density at radius 3 is 3.00 bits per heavy atom. The van der Waals surface area contributed by atoms with E-state index >= 15 is 0 Å². The summed E-state index contributed by atoms with van der Waals surface area (Å²) < 4.78 is 7.47.